The molecule has 0 N–H and O–H groups in total. The Labute approximate surface area is 181 Å². The number of aryl methyl sites for hydroxylation is 1. The molecule has 30 heavy (non-hydrogen) atoms. The van der Waals surface area contributed by atoms with Crippen LogP contribution in [0.25, 0.3) is 0 Å². The van der Waals surface area contributed by atoms with E-state index in [0.717, 1.165) is 32.1 Å². The van der Waals surface area contributed by atoms with E-state index in [9.17, 15) is 9.59 Å². The van der Waals surface area contributed by atoms with Gasteiger partial charge in [-0.25, -0.2) is 4.79 Å². The van der Waals surface area contributed by atoms with Crippen molar-refractivity contribution in [3.63, 3.8) is 0 Å². The van der Waals surface area contributed by atoms with E-state index in [1.54, 1.807) is 6.92 Å². The lowest BCUT2D eigenvalue weighted by atomic mass is 9.49. The minimum atomic E-state index is -0.514. The van der Waals surface area contributed by atoms with Crippen LogP contribution in [0.2, 0.25) is 0 Å². The van der Waals surface area contributed by atoms with Crippen molar-refractivity contribution in [2.45, 2.75) is 78.1 Å². The zero-order chi connectivity index (χ0) is 22.1. The van der Waals surface area contributed by atoms with E-state index in [4.69, 9.17) is 9.47 Å². The van der Waals surface area contributed by atoms with Crippen LogP contribution < -0.4 is 0 Å². The maximum absolute atomic E-state index is 13.2. The Morgan fingerprint density at radius 1 is 1.17 bits per heavy atom. The average Bonchev–Trinajstić information content (AvgIpc) is 2.70. The first-order valence-electron chi connectivity index (χ1n) is 11.2. The summed E-state index contributed by atoms with van der Waals surface area (Å²) in [5.41, 5.74) is 4.07. The highest BCUT2D eigenvalue weighted by Gasteiger charge is 2.55. The summed E-state index contributed by atoms with van der Waals surface area (Å²) in [6, 6.07) is 6.95. The fourth-order valence-electron chi connectivity index (χ4n) is 5.67. The zero-order valence-corrected chi connectivity index (χ0v) is 19.2. The summed E-state index contributed by atoms with van der Waals surface area (Å²) in [5, 5.41) is 0. The standard InChI is InChI=1S/C26H36O4/c1-17(2)19-8-10-21-20(16-19)9-11-22-25(21,5)12-7-13-26(22,6)24(28)30-15-14-29-23(27)18(3)4/h8,10,16-17,22H,3,7,9,11-15H2,1-2,4-6H3. The van der Waals surface area contributed by atoms with Crippen LogP contribution >= 0.6 is 0 Å². The second kappa shape index (κ2) is 8.56. The molecular formula is C26H36O4. The Balaban J connectivity index is 1.75. The molecule has 0 saturated heterocycles. The van der Waals surface area contributed by atoms with Crippen molar-refractivity contribution in [2.24, 2.45) is 11.3 Å². The van der Waals surface area contributed by atoms with Crippen molar-refractivity contribution < 1.29 is 19.1 Å². The second-order valence-corrected chi connectivity index (χ2v) is 9.90. The quantitative estimate of drug-likeness (QED) is 0.352. The van der Waals surface area contributed by atoms with Gasteiger partial charge in [0.2, 0.25) is 0 Å². The monoisotopic (exact) mass is 412 g/mol. The van der Waals surface area contributed by atoms with Crippen LogP contribution in [0.15, 0.2) is 30.4 Å². The van der Waals surface area contributed by atoms with Gasteiger partial charge in [0.15, 0.2) is 0 Å². The van der Waals surface area contributed by atoms with Crippen molar-refractivity contribution in [1.82, 2.24) is 0 Å². The summed E-state index contributed by atoms with van der Waals surface area (Å²) in [6.45, 7) is 14.2. The van der Waals surface area contributed by atoms with Gasteiger partial charge in [-0.05, 0) is 73.5 Å². The van der Waals surface area contributed by atoms with Gasteiger partial charge in [-0.3, -0.25) is 4.79 Å². The smallest absolute Gasteiger partial charge is 0.333 e. The van der Waals surface area contributed by atoms with Gasteiger partial charge in [0.25, 0.3) is 0 Å². The summed E-state index contributed by atoms with van der Waals surface area (Å²) in [5.74, 6) is 0.159. The highest BCUT2D eigenvalue weighted by molar-refractivity contribution is 5.86. The van der Waals surface area contributed by atoms with Crippen LogP contribution in [0.1, 0.15) is 82.9 Å². The molecule has 2 aliphatic carbocycles. The highest BCUT2D eigenvalue weighted by Crippen LogP contribution is 2.57. The summed E-state index contributed by atoms with van der Waals surface area (Å²) in [7, 11) is 0. The van der Waals surface area contributed by atoms with Crippen LogP contribution in [0, 0.1) is 11.3 Å². The lowest BCUT2D eigenvalue weighted by Gasteiger charge is -2.54. The number of carbonyl (C=O) groups is 2. The highest BCUT2D eigenvalue weighted by atomic mass is 16.6. The first-order valence-corrected chi connectivity index (χ1v) is 11.2. The van der Waals surface area contributed by atoms with E-state index >= 15 is 0 Å². The first-order chi connectivity index (χ1) is 14.1. The van der Waals surface area contributed by atoms with Gasteiger partial charge < -0.3 is 9.47 Å². The summed E-state index contributed by atoms with van der Waals surface area (Å²) in [6.07, 6.45) is 4.97. The normalized spacial score (nSPS) is 27.7. The van der Waals surface area contributed by atoms with E-state index in [1.165, 1.54) is 16.7 Å². The molecule has 0 radical (unpaired) electrons. The summed E-state index contributed by atoms with van der Waals surface area (Å²) >= 11 is 0. The topological polar surface area (TPSA) is 52.6 Å². The van der Waals surface area contributed by atoms with Crippen LogP contribution in [0.4, 0.5) is 0 Å². The molecule has 3 rings (SSSR count). The zero-order valence-electron chi connectivity index (χ0n) is 19.2. The molecule has 0 aliphatic heterocycles. The number of benzene rings is 1. The molecule has 1 fully saturated rings. The molecule has 4 nitrogen and oxygen atoms in total. The molecule has 3 unspecified atom stereocenters. The second-order valence-electron chi connectivity index (χ2n) is 9.90. The molecule has 2 aliphatic rings. The predicted octanol–water partition coefficient (Wildman–Crippen LogP) is 5.48. The molecule has 164 valence electrons. The SMILES string of the molecule is C=C(C)C(=O)OCCOC(=O)C1(C)CCCC2(C)c3ccc(C(C)C)cc3CCC12. The van der Waals surface area contributed by atoms with Crippen molar-refractivity contribution >= 4 is 11.9 Å². The van der Waals surface area contributed by atoms with Gasteiger partial charge in [-0.2, -0.15) is 0 Å². The molecule has 0 spiro atoms. The predicted molar refractivity (Wildman–Crippen MR) is 118 cm³/mol. The van der Waals surface area contributed by atoms with E-state index in [2.05, 4.69) is 52.5 Å². The Morgan fingerprint density at radius 2 is 1.87 bits per heavy atom. The van der Waals surface area contributed by atoms with Crippen molar-refractivity contribution in [3.8, 4) is 0 Å². The third-order valence-corrected chi connectivity index (χ3v) is 7.41. The Morgan fingerprint density at radius 3 is 2.53 bits per heavy atom. The molecule has 0 bridgehead atoms. The van der Waals surface area contributed by atoms with Crippen molar-refractivity contribution in [1.29, 1.82) is 0 Å². The molecule has 1 aromatic carbocycles. The maximum atomic E-state index is 13.2. The van der Waals surface area contributed by atoms with Crippen molar-refractivity contribution in [2.75, 3.05) is 13.2 Å². The minimum Gasteiger partial charge on any atom is -0.462 e. The van der Waals surface area contributed by atoms with Gasteiger partial charge >= 0.3 is 11.9 Å². The lowest BCUT2D eigenvalue weighted by molar-refractivity contribution is -0.167. The molecule has 1 saturated carbocycles. The van der Waals surface area contributed by atoms with Gasteiger partial charge in [0.05, 0.1) is 5.41 Å². The number of rotatable bonds is 6. The average molecular weight is 413 g/mol. The Hall–Kier alpha value is -2.10. The number of hydrogen-bond donors (Lipinski definition) is 0. The van der Waals surface area contributed by atoms with E-state index in [-0.39, 0.29) is 30.5 Å². The summed E-state index contributed by atoms with van der Waals surface area (Å²) < 4.78 is 10.7. The minimum absolute atomic E-state index is 0.0124. The fourth-order valence-corrected chi connectivity index (χ4v) is 5.67. The van der Waals surface area contributed by atoms with Crippen molar-refractivity contribution in [3.05, 3.63) is 47.0 Å². The summed E-state index contributed by atoms with van der Waals surface area (Å²) in [4.78, 5) is 24.7. The van der Waals surface area contributed by atoms with Crippen LogP contribution in [0.5, 0.6) is 0 Å². The van der Waals surface area contributed by atoms with Gasteiger partial charge in [0.1, 0.15) is 13.2 Å². The Kier molecular flexibility index (Phi) is 6.45. The van der Waals surface area contributed by atoms with Gasteiger partial charge in [-0.15, -0.1) is 0 Å². The third-order valence-electron chi connectivity index (χ3n) is 7.41. The Bertz CT molecular complexity index is 839. The number of ether oxygens (including phenoxy) is 2. The molecule has 0 amide bonds. The van der Waals surface area contributed by atoms with Gasteiger partial charge in [0, 0.05) is 5.57 Å². The molecular weight excluding hydrogens is 376 g/mol. The molecule has 4 heteroatoms. The first kappa shape index (κ1) is 22.6. The number of fused-ring (bicyclic) bond motifs is 3. The van der Waals surface area contributed by atoms with Gasteiger partial charge in [-0.1, -0.05) is 52.0 Å². The number of hydrogen-bond acceptors (Lipinski definition) is 4. The van der Waals surface area contributed by atoms with E-state index in [1.807, 2.05) is 0 Å². The third kappa shape index (κ3) is 4.06. The maximum Gasteiger partial charge on any atom is 0.333 e. The largest absolute Gasteiger partial charge is 0.462 e. The van der Waals surface area contributed by atoms with E-state index in [0.29, 0.717) is 11.5 Å². The number of carbonyl (C=O) groups excluding carboxylic acids is 2. The van der Waals surface area contributed by atoms with Crippen LogP contribution in [0.3, 0.4) is 0 Å². The van der Waals surface area contributed by atoms with Crippen LogP contribution in [-0.2, 0) is 30.9 Å². The lowest BCUT2D eigenvalue weighted by Crippen LogP contribution is -2.53. The molecule has 0 heterocycles. The number of esters is 2. The van der Waals surface area contributed by atoms with Crippen LogP contribution in [-0.4, -0.2) is 25.2 Å². The molecule has 1 aromatic rings. The van der Waals surface area contributed by atoms with E-state index < -0.39 is 11.4 Å². The molecule has 0 aromatic heterocycles. The fraction of sp³-hybridized carbons (Fsp3) is 0.615. The molecule has 3 atom stereocenters.